The van der Waals surface area contributed by atoms with Gasteiger partial charge in [-0.3, -0.25) is 10.2 Å². The molecule has 2 aromatic rings. The topological polar surface area (TPSA) is 174 Å². The van der Waals surface area contributed by atoms with Crippen LogP contribution in [0, 0.1) is 11.3 Å². The van der Waals surface area contributed by atoms with Gasteiger partial charge >= 0.3 is 6.03 Å². The van der Waals surface area contributed by atoms with Gasteiger partial charge in [0, 0.05) is 42.8 Å². The molecule has 0 aliphatic carbocycles. The zero-order valence-electron chi connectivity index (χ0n) is 23.5. The summed E-state index contributed by atoms with van der Waals surface area (Å²) in [5.41, 5.74) is 13.9. The van der Waals surface area contributed by atoms with Gasteiger partial charge in [-0.25, -0.2) is 9.52 Å². The van der Waals surface area contributed by atoms with Crippen molar-refractivity contribution in [2.24, 2.45) is 17.4 Å². The second-order valence-electron chi connectivity index (χ2n) is 10.5. The minimum Gasteiger partial charge on any atom is -0.384 e. The van der Waals surface area contributed by atoms with Crippen LogP contribution in [0.2, 0.25) is 0 Å². The fraction of sp³-hybridized carbons (Fsp3) is 0.483. The number of ether oxygens (including phenoxy) is 1. The molecule has 2 saturated heterocycles. The summed E-state index contributed by atoms with van der Waals surface area (Å²) < 4.78 is 9.06. The Morgan fingerprint density at radius 1 is 1.15 bits per heavy atom. The van der Waals surface area contributed by atoms with E-state index in [1.807, 2.05) is 47.4 Å². The number of carbonyl (C=O) groups is 2. The Hall–Kier alpha value is -3.32. The Bertz CT molecular complexity index is 1190. The number of rotatable bonds is 14. The minimum atomic E-state index is -0.467. The zero-order valence-corrected chi connectivity index (χ0v) is 24.3. The molecule has 3 atom stereocenters. The summed E-state index contributed by atoms with van der Waals surface area (Å²) in [6.45, 7) is 2.59. The molecule has 41 heavy (non-hydrogen) atoms. The van der Waals surface area contributed by atoms with E-state index in [4.69, 9.17) is 21.6 Å². The van der Waals surface area contributed by atoms with E-state index in [9.17, 15) is 9.59 Å². The summed E-state index contributed by atoms with van der Waals surface area (Å²) in [4.78, 5) is 28.1. The first-order valence-corrected chi connectivity index (χ1v) is 15.0. The van der Waals surface area contributed by atoms with Gasteiger partial charge in [0.05, 0.1) is 0 Å². The van der Waals surface area contributed by atoms with Crippen LogP contribution in [0.5, 0.6) is 0 Å². The fourth-order valence-corrected chi connectivity index (χ4v) is 5.82. The second-order valence-corrected chi connectivity index (χ2v) is 11.4. The maximum absolute atomic E-state index is 13.8. The third kappa shape index (κ3) is 9.35. The normalized spacial score (nSPS) is 19.3. The Morgan fingerprint density at radius 2 is 1.93 bits per heavy atom. The van der Waals surface area contributed by atoms with Gasteiger partial charge in [0.25, 0.3) is 0 Å². The first-order chi connectivity index (χ1) is 19.9. The number of urea groups is 1. The van der Waals surface area contributed by atoms with E-state index in [0.717, 1.165) is 41.8 Å². The van der Waals surface area contributed by atoms with Crippen LogP contribution in [0.4, 0.5) is 10.5 Å². The molecule has 0 bridgehead atoms. The number of amides is 3. The highest BCUT2D eigenvalue weighted by molar-refractivity contribution is 7.97. The van der Waals surface area contributed by atoms with Gasteiger partial charge in [-0.2, -0.15) is 0 Å². The van der Waals surface area contributed by atoms with E-state index in [1.165, 1.54) is 11.9 Å². The first-order valence-electron chi connectivity index (χ1n) is 14.2. The molecule has 3 unspecified atom stereocenters. The molecule has 2 fully saturated rings. The Morgan fingerprint density at radius 3 is 2.66 bits per heavy atom. The molecule has 222 valence electrons. The highest BCUT2D eigenvalue weighted by Crippen LogP contribution is 2.29. The molecule has 0 saturated carbocycles. The molecular weight excluding hydrogens is 540 g/mol. The number of epoxide rings is 1. The number of piperidine rings is 1. The molecule has 0 spiro atoms. The number of nitrogen functional groups attached to an aromatic ring is 1. The van der Waals surface area contributed by atoms with Crippen LogP contribution in [0.25, 0.3) is 0 Å². The number of anilines is 1. The van der Waals surface area contributed by atoms with E-state index < -0.39 is 6.04 Å². The summed E-state index contributed by atoms with van der Waals surface area (Å²) in [7, 11) is 1.61. The fourth-order valence-electron chi connectivity index (χ4n) is 5.03. The van der Waals surface area contributed by atoms with E-state index in [1.54, 1.807) is 13.1 Å². The van der Waals surface area contributed by atoms with Crippen molar-refractivity contribution in [3.8, 4) is 0 Å². The SMILES string of the molecule is CNC(=O)NCCC1CCN(C(=O)C(Cc2cccc(C(=N)N)c2)NSc2cccc(NC3OC3CCN)c2)CC1. The molecule has 2 aliphatic heterocycles. The van der Waals surface area contributed by atoms with Gasteiger partial charge in [0.2, 0.25) is 5.91 Å². The number of nitrogens with zero attached hydrogens (tertiary/aromatic N) is 1. The van der Waals surface area contributed by atoms with E-state index in [-0.39, 0.29) is 30.1 Å². The lowest BCUT2D eigenvalue weighted by molar-refractivity contribution is -0.134. The van der Waals surface area contributed by atoms with Crippen molar-refractivity contribution in [3.63, 3.8) is 0 Å². The van der Waals surface area contributed by atoms with Crippen LogP contribution in [0.15, 0.2) is 53.4 Å². The Balaban J connectivity index is 1.38. The molecular formula is C29H42N8O3S. The van der Waals surface area contributed by atoms with Crippen LogP contribution >= 0.6 is 11.9 Å². The summed E-state index contributed by atoms with van der Waals surface area (Å²) in [5, 5.41) is 16.6. The number of benzene rings is 2. The van der Waals surface area contributed by atoms with Gasteiger partial charge in [0.15, 0.2) is 6.23 Å². The Labute approximate surface area is 246 Å². The molecule has 2 aromatic carbocycles. The highest BCUT2D eigenvalue weighted by Gasteiger charge is 2.37. The highest BCUT2D eigenvalue weighted by atomic mass is 32.2. The lowest BCUT2D eigenvalue weighted by atomic mass is 9.93. The van der Waals surface area contributed by atoms with Gasteiger partial charge < -0.3 is 37.1 Å². The molecule has 2 aliphatic rings. The predicted octanol–water partition coefficient (Wildman–Crippen LogP) is 2.22. The minimum absolute atomic E-state index is 0.00250. The summed E-state index contributed by atoms with van der Waals surface area (Å²) in [6.07, 6.45) is 4.14. The molecule has 11 nitrogen and oxygen atoms in total. The zero-order chi connectivity index (χ0) is 29.2. The Kier molecular flexibility index (Phi) is 11.3. The van der Waals surface area contributed by atoms with E-state index >= 15 is 0 Å². The van der Waals surface area contributed by atoms with Crippen LogP contribution in [-0.2, 0) is 16.0 Å². The van der Waals surface area contributed by atoms with Crippen LogP contribution in [0.3, 0.4) is 0 Å². The second kappa shape index (κ2) is 15.1. The number of carbonyl (C=O) groups excluding carboxylic acids is 2. The van der Waals surface area contributed by atoms with E-state index in [0.29, 0.717) is 44.1 Å². The molecule has 9 N–H and O–H groups in total. The molecule has 0 radical (unpaired) electrons. The number of likely N-dealkylation sites (tertiary alicyclic amines) is 1. The molecule has 0 aromatic heterocycles. The standard InChI is InChI=1S/C29H42N8O3S/c1-33-29(39)34-13-9-19-10-14-37(15-11-19)28(38)24(17-20-4-2-5-21(16-20)26(31)32)36-41-23-7-3-6-22(18-23)35-27-25(40-27)8-12-30/h2-7,16,18-19,24-25,27,35-36H,8-15,17,30H2,1H3,(H3,31,32)(H2,33,34,39). The van der Waals surface area contributed by atoms with Crippen LogP contribution < -0.4 is 32.1 Å². The van der Waals surface area contributed by atoms with Crippen molar-refractivity contribution >= 4 is 35.4 Å². The summed E-state index contributed by atoms with van der Waals surface area (Å²) in [5.74, 6) is 0.528. The van der Waals surface area contributed by atoms with Crippen molar-refractivity contribution in [1.29, 1.82) is 5.41 Å². The quantitative estimate of drug-likeness (QED) is 0.0768. The predicted molar refractivity (Wildman–Crippen MR) is 163 cm³/mol. The van der Waals surface area contributed by atoms with Crippen molar-refractivity contribution < 1.29 is 14.3 Å². The van der Waals surface area contributed by atoms with Gasteiger partial charge in [0.1, 0.15) is 18.0 Å². The van der Waals surface area contributed by atoms with Crippen molar-refractivity contribution in [2.45, 2.75) is 55.4 Å². The third-order valence-corrected chi connectivity index (χ3v) is 8.35. The number of amidine groups is 1. The first kappa shape index (κ1) is 30.6. The van der Waals surface area contributed by atoms with Gasteiger partial charge in [-0.05, 0) is 86.3 Å². The maximum atomic E-state index is 13.8. The largest absolute Gasteiger partial charge is 0.384 e. The average Bonchev–Trinajstić information content (AvgIpc) is 3.72. The van der Waals surface area contributed by atoms with Crippen LogP contribution in [0.1, 0.15) is 36.8 Å². The third-order valence-electron chi connectivity index (χ3n) is 7.46. The monoisotopic (exact) mass is 582 g/mol. The lowest BCUT2D eigenvalue weighted by Gasteiger charge is -2.34. The van der Waals surface area contributed by atoms with Crippen molar-refractivity contribution in [2.75, 3.05) is 38.5 Å². The number of hydrogen-bond donors (Lipinski definition) is 7. The average molecular weight is 583 g/mol. The number of nitrogens with two attached hydrogens (primary N) is 2. The maximum Gasteiger partial charge on any atom is 0.314 e. The molecule has 12 heteroatoms. The van der Waals surface area contributed by atoms with Crippen molar-refractivity contribution in [3.05, 3.63) is 59.7 Å². The summed E-state index contributed by atoms with van der Waals surface area (Å²) in [6, 6.07) is 14.9. The lowest BCUT2D eigenvalue weighted by Crippen LogP contribution is -2.48. The molecule has 4 rings (SSSR count). The van der Waals surface area contributed by atoms with Crippen molar-refractivity contribution in [1.82, 2.24) is 20.3 Å². The summed E-state index contributed by atoms with van der Waals surface area (Å²) >= 11 is 1.43. The van der Waals surface area contributed by atoms with Gasteiger partial charge in [-0.15, -0.1) is 0 Å². The van der Waals surface area contributed by atoms with E-state index in [2.05, 4.69) is 20.7 Å². The van der Waals surface area contributed by atoms with Gasteiger partial charge in [-0.1, -0.05) is 24.3 Å². The molecule has 3 amide bonds. The molecule has 2 heterocycles. The smallest absolute Gasteiger partial charge is 0.314 e. The van der Waals surface area contributed by atoms with Crippen LogP contribution in [-0.4, -0.2) is 74.3 Å². The number of hydrogen-bond acceptors (Lipinski definition) is 8. The number of nitrogens with one attached hydrogen (secondary N) is 5.